The largest absolute Gasteiger partial charge is 0.398 e. The highest BCUT2D eigenvalue weighted by molar-refractivity contribution is 6.07. The summed E-state index contributed by atoms with van der Waals surface area (Å²) in [6.45, 7) is 0. The molecule has 0 aliphatic rings. The summed E-state index contributed by atoms with van der Waals surface area (Å²) in [4.78, 5) is 20.7. The Kier molecular flexibility index (Phi) is 3.13. The van der Waals surface area contributed by atoms with Gasteiger partial charge in [-0.05, 0) is 17.5 Å². The van der Waals surface area contributed by atoms with E-state index in [1.807, 2.05) is 30.3 Å². The molecule has 0 spiro atoms. The maximum Gasteiger partial charge on any atom is 0.186 e. The Morgan fingerprint density at radius 1 is 1.10 bits per heavy atom. The minimum absolute atomic E-state index is 0.0542. The van der Waals surface area contributed by atoms with Crippen LogP contribution in [0.1, 0.15) is 16.1 Å². The molecule has 20 heavy (non-hydrogen) atoms. The minimum Gasteiger partial charge on any atom is -0.398 e. The number of carbonyl (C=O) groups is 1. The molecule has 0 saturated carbocycles. The number of rotatable bonds is 3. The van der Waals surface area contributed by atoms with E-state index < -0.39 is 0 Å². The van der Waals surface area contributed by atoms with Gasteiger partial charge in [0.2, 0.25) is 0 Å². The number of carbonyl (C=O) groups excluding carboxylic acids is 1. The molecule has 3 aromatic rings. The molecule has 0 fully saturated rings. The summed E-state index contributed by atoms with van der Waals surface area (Å²) in [6, 6.07) is 11.3. The SMILES string of the molecule is Nc1ccncc1CC(=O)c1nccc2ccccc12. The van der Waals surface area contributed by atoms with E-state index in [-0.39, 0.29) is 12.2 Å². The van der Waals surface area contributed by atoms with Gasteiger partial charge in [-0.3, -0.25) is 14.8 Å². The summed E-state index contributed by atoms with van der Waals surface area (Å²) in [5, 5.41) is 1.87. The highest BCUT2D eigenvalue weighted by Gasteiger charge is 2.13. The maximum absolute atomic E-state index is 12.4. The quantitative estimate of drug-likeness (QED) is 0.737. The summed E-state index contributed by atoms with van der Waals surface area (Å²) in [6.07, 6.45) is 5.10. The molecule has 2 aromatic heterocycles. The van der Waals surface area contributed by atoms with Crippen LogP contribution in [0.25, 0.3) is 10.8 Å². The fraction of sp³-hybridized carbons (Fsp3) is 0.0625. The van der Waals surface area contributed by atoms with E-state index in [2.05, 4.69) is 9.97 Å². The van der Waals surface area contributed by atoms with Gasteiger partial charge < -0.3 is 5.73 Å². The smallest absolute Gasteiger partial charge is 0.186 e. The lowest BCUT2D eigenvalue weighted by atomic mass is 10.0. The lowest BCUT2D eigenvalue weighted by Gasteiger charge is -2.06. The molecular weight excluding hydrogens is 250 g/mol. The fourth-order valence-electron chi connectivity index (χ4n) is 2.18. The van der Waals surface area contributed by atoms with Gasteiger partial charge in [-0.1, -0.05) is 24.3 Å². The van der Waals surface area contributed by atoms with Crippen molar-refractivity contribution in [1.82, 2.24) is 9.97 Å². The van der Waals surface area contributed by atoms with E-state index in [0.717, 1.165) is 16.3 Å². The third-order valence-electron chi connectivity index (χ3n) is 3.23. The number of Topliss-reactive ketones (excluding diaryl/α,β-unsaturated/α-hetero) is 1. The molecule has 4 heteroatoms. The van der Waals surface area contributed by atoms with E-state index in [4.69, 9.17) is 5.73 Å². The average Bonchev–Trinajstić information content (AvgIpc) is 2.49. The van der Waals surface area contributed by atoms with Crippen molar-refractivity contribution in [1.29, 1.82) is 0 Å². The number of nitrogens with zero attached hydrogens (tertiary/aromatic N) is 2. The highest BCUT2D eigenvalue weighted by Crippen LogP contribution is 2.19. The zero-order valence-electron chi connectivity index (χ0n) is 10.8. The van der Waals surface area contributed by atoms with Crippen molar-refractivity contribution in [2.75, 3.05) is 5.73 Å². The van der Waals surface area contributed by atoms with Crippen molar-refractivity contribution in [3.8, 4) is 0 Å². The Morgan fingerprint density at radius 2 is 1.95 bits per heavy atom. The van der Waals surface area contributed by atoms with E-state index in [9.17, 15) is 4.79 Å². The fourth-order valence-corrected chi connectivity index (χ4v) is 2.18. The molecule has 0 aliphatic carbocycles. The number of nitrogen functional groups attached to an aromatic ring is 1. The van der Waals surface area contributed by atoms with Crippen molar-refractivity contribution in [2.24, 2.45) is 0 Å². The second-order valence-electron chi connectivity index (χ2n) is 4.56. The van der Waals surface area contributed by atoms with Crippen LogP contribution in [-0.2, 0) is 6.42 Å². The number of hydrogen-bond acceptors (Lipinski definition) is 4. The lowest BCUT2D eigenvalue weighted by Crippen LogP contribution is -2.08. The number of ketones is 1. The number of hydrogen-bond donors (Lipinski definition) is 1. The van der Waals surface area contributed by atoms with Crippen LogP contribution in [0, 0.1) is 0 Å². The monoisotopic (exact) mass is 263 g/mol. The van der Waals surface area contributed by atoms with Gasteiger partial charge in [0.1, 0.15) is 5.69 Å². The highest BCUT2D eigenvalue weighted by atomic mass is 16.1. The molecule has 4 nitrogen and oxygen atoms in total. The number of pyridine rings is 2. The van der Waals surface area contributed by atoms with Crippen LogP contribution in [0.15, 0.2) is 55.0 Å². The zero-order chi connectivity index (χ0) is 13.9. The number of nitrogens with two attached hydrogens (primary N) is 1. The molecule has 1 aromatic carbocycles. The Balaban J connectivity index is 1.99. The minimum atomic E-state index is -0.0542. The van der Waals surface area contributed by atoms with Crippen LogP contribution in [-0.4, -0.2) is 15.8 Å². The first kappa shape index (κ1) is 12.3. The molecule has 3 rings (SSSR count). The number of benzene rings is 1. The predicted octanol–water partition coefficient (Wildman–Crippen LogP) is 2.64. The second kappa shape index (κ2) is 5.09. The van der Waals surface area contributed by atoms with E-state index >= 15 is 0 Å². The summed E-state index contributed by atoms with van der Waals surface area (Å²) in [5.41, 5.74) is 7.63. The van der Waals surface area contributed by atoms with Crippen LogP contribution in [0.4, 0.5) is 5.69 Å². The number of aromatic nitrogens is 2. The van der Waals surface area contributed by atoms with Gasteiger partial charge in [0, 0.05) is 41.6 Å². The molecule has 2 N–H and O–H groups in total. The summed E-state index contributed by atoms with van der Waals surface area (Å²) < 4.78 is 0. The Labute approximate surface area is 116 Å². The molecule has 0 bridgehead atoms. The first-order chi connectivity index (χ1) is 9.75. The normalized spacial score (nSPS) is 10.6. The van der Waals surface area contributed by atoms with Crippen molar-refractivity contribution in [3.05, 3.63) is 66.2 Å². The summed E-state index contributed by atoms with van der Waals surface area (Å²) >= 11 is 0. The lowest BCUT2D eigenvalue weighted by molar-refractivity contribution is 0.0990. The topological polar surface area (TPSA) is 68.9 Å². The summed E-state index contributed by atoms with van der Waals surface area (Å²) in [5.74, 6) is -0.0542. The van der Waals surface area contributed by atoms with Crippen LogP contribution >= 0.6 is 0 Å². The third kappa shape index (κ3) is 2.23. The third-order valence-corrected chi connectivity index (χ3v) is 3.23. The van der Waals surface area contributed by atoms with Crippen LogP contribution in [0.3, 0.4) is 0 Å². The molecule has 2 heterocycles. The second-order valence-corrected chi connectivity index (χ2v) is 4.56. The van der Waals surface area contributed by atoms with E-state index in [1.54, 1.807) is 24.7 Å². The van der Waals surface area contributed by atoms with Crippen molar-refractivity contribution in [2.45, 2.75) is 6.42 Å². The number of fused-ring (bicyclic) bond motifs is 1. The molecule has 0 unspecified atom stereocenters. The number of anilines is 1. The van der Waals surface area contributed by atoms with Gasteiger partial charge in [-0.25, -0.2) is 0 Å². The van der Waals surface area contributed by atoms with Gasteiger partial charge in [0.05, 0.1) is 0 Å². The molecule has 0 saturated heterocycles. The predicted molar refractivity (Wildman–Crippen MR) is 78.4 cm³/mol. The van der Waals surface area contributed by atoms with Gasteiger partial charge in [-0.2, -0.15) is 0 Å². The average molecular weight is 263 g/mol. The molecular formula is C16H13N3O. The maximum atomic E-state index is 12.4. The molecule has 0 atom stereocenters. The van der Waals surface area contributed by atoms with Gasteiger partial charge in [0.15, 0.2) is 5.78 Å². The summed E-state index contributed by atoms with van der Waals surface area (Å²) in [7, 11) is 0. The first-order valence-electron chi connectivity index (χ1n) is 6.31. The Hall–Kier alpha value is -2.75. The molecule has 0 amide bonds. The van der Waals surface area contributed by atoms with Crippen molar-refractivity contribution < 1.29 is 4.79 Å². The first-order valence-corrected chi connectivity index (χ1v) is 6.31. The zero-order valence-corrected chi connectivity index (χ0v) is 10.8. The molecule has 0 radical (unpaired) electrons. The molecule has 0 aliphatic heterocycles. The van der Waals surface area contributed by atoms with Gasteiger partial charge >= 0.3 is 0 Å². The standard InChI is InChI=1S/C16H13N3O/c17-14-6-7-18-10-12(14)9-15(20)16-13-4-2-1-3-11(13)5-8-19-16/h1-8,10H,9H2,(H2,17,18). The van der Waals surface area contributed by atoms with Crippen LogP contribution in [0.2, 0.25) is 0 Å². The van der Waals surface area contributed by atoms with Crippen LogP contribution in [0.5, 0.6) is 0 Å². The molecule has 98 valence electrons. The van der Waals surface area contributed by atoms with E-state index in [1.165, 1.54) is 0 Å². The van der Waals surface area contributed by atoms with Crippen molar-refractivity contribution >= 4 is 22.2 Å². The van der Waals surface area contributed by atoms with E-state index in [0.29, 0.717) is 11.4 Å². The Bertz CT molecular complexity index is 778. The van der Waals surface area contributed by atoms with Gasteiger partial charge in [0.25, 0.3) is 0 Å². The van der Waals surface area contributed by atoms with Crippen molar-refractivity contribution in [3.63, 3.8) is 0 Å². The Morgan fingerprint density at radius 3 is 2.80 bits per heavy atom. The van der Waals surface area contributed by atoms with Gasteiger partial charge in [-0.15, -0.1) is 0 Å². The van der Waals surface area contributed by atoms with Crippen LogP contribution < -0.4 is 5.73 Å².